The van der Waals surface area contributed by atoms with E-state index in [1.807, 2.05) is 63.2 Å². The van der Waals surface area contributed by atoms with Crippen molar-refractivity contribution in [2.24, 2.45) is 0 Å². The number of hydrogen-bond donors (Lipinski definition) is 1. The number of carbonyl (C=O) groups excluding carboxylic acids is 3. The van der Waals surface area contributed by atoms with Gasteiger partial charge in [0.2, 0.25) is 0 Å². The van der Waals surface area contributed by atoms with Crippen molar-refractivity contribution in [3.05, 3.63) is 188 Å². The van der Waals surface area contributed by atoms with Crippen LogP contribution in [0, 0.1) is 36.5 Å². The Kier molecular flexibility index (Phi) is 13.5. The number of amides is 5. The number of hydrogen-bond acceptors (Lipinski definition) is 6. The summed E-state index contributed by atoms with van der Waals surface area (Å²) in [6.45, 7) is 11.1. The molecule has 0 radical (unpaired) electrons. The largest absolute Gasteiger partial charge is 0.365 e. The zero-order valence-electron chi connectivity index (χ0n) is 35.3. The Morgan fingerprint density at radius 2 is 0.984 bits per heavy atom. The summed E-state index contributed by atoms with van der Waals surface area (Å²) >= 11 is 15.3. The van der Waals surface area contributed by atoms with Crippen molar-refractivity contribution in [3.8, 4) is 12.1 Å². The van der Waals surface area contributed by atoms with E-state index in [1.165, 1.54) is 15.4 Å². The van der Waals surface area contributed by atoms with E-state index in [1.54, 1.807) is 116 Å². The molecule has 0 aromatic heterocycles. The quantitative estimate of drug-likeness (QED) is 0.171. The third-order valence-corrected chi connectivity index (χ3v) is 11.9. The molecule has 6 aromatic carbocycles. The van der Waals surface area contributed by atoms with Crippen molar-refractivity contribution >= 4 is 79.9 Å². The predicted molar refractivity (Wildman–Crippen MR) is 253 cm³/mol. The van der Waals surface area contributed by atoms with Crippen LogP contribution in [0.2, 0.25) is 10.0 Å². The first-order chi connectivity index (χ1) is 29.8. The molecule has 0 aliphatic carbocycles. The van der Waals surface area contributed by atoms with Gasteiger partial charge in [0.1, 0.15) is 5.54 Å². The lowest BCUT2D eigenvalue weighted by atomic mass is 9.83. The Labute approximate surface area is 385 Å². The van der Waals surface area contributed by atoms with Crippen molar-refractivity contribution in [2.75, 3.05) is 19.6 Å². The molecule has 0 spiro atoms. The van der Waals surface area contributed by atoms with E-state index in [9.17, 15) is 19.5 Å². The van der Waals surface area contributed by atoms with Gasteiger partial charge >= 0.3 is 12.1 Å². The van der Waals surface area contributed by atoms with Gasteiger partial charge in [0.25, 0.3) is 5.91 Å². The van der Waals surface area contributed by atoms with Crippen LogP contribution >= 0.6 is 39.1 Å². The number of carbonyl (C=O) groups is 3. The fraction of sp³-hybridized carbons (Fsp3) is 0.180. The van der Waals surface area contributed by atoms with Crippen LogP contribution in [0.1, 0.15) is 55.5 Å². The van der Waals surface area contributed by atoms with Gasteiger partial charge in [0, 0.05) is 37.1 Å². The highest BCUT2D eigenvalue weighted by Crippen LogP contribution is 2.50. The van der Waals surface area contributed by atoms with Crippen LogP contribution in [0.5, 0.6) is 0 Å². The number of imide groups is 1. The summed E-state index contributed by atoms with van der Waals surface area (Å²) in [7, 11) is 0. The zero-order valence-corrected chi connectivity index (χ0v) is 38.4. The summed E-state index contributed by atoms with van der Waals surface area (Å²) in [5.74, 6) is -0.320. The van der Waals surface area contributed by atoms with Crippen molar-refractivity contribution in [3.63, 3.8) is 0 Å². The predicted octanol–water partition coefficient (Wildman–Crippen LogP) is 12.3. The topological polar surface area (TPSA) is 132 Å². The maximum absolute atomic E-state index is 13.8. The van der Waals surface area contributed by atoms with E-state index in [2.05, 4.69) is 41.1 Å². The summed E-state index contributed by atoms with van der Waals surface area (Å²) in [6.07, 6.45) is 0. The molecule has 2 saturated heterocycles. The second-order valence-electron chi connectivity index (χ2n) is 15.9. The third-order valence-electron chi connectivity index (χ3n) is 10.9. The van der Waals surface area contributed by atoms with E-state index in [0.29, 0.717) is 49.5 Å². The molecule has 8 rings (SSSR count). The number of nitrogens with zero attached hydrogens (tertiary/aromatic N) is 6. The SMILES string of the molecule is CC1(C)C(=O)N(c2ccc(Cl)cc2)C(=O)N1c1ccc(C#N)cc1.Cc1cccc(Br)c1.Cc1cccc(C2(O)N(c3ccc(Cl)cc3)C(=O)N(c3ccc(C#N)cc3)C2(C)C)c1. The van der Waals surface area contributed by atoms with Crippen LogP contribution in [0.3, 0.4) is 0 Å². The molecular formula is C50H43BrCl2N6O4. The van der Waals surface area contributed by atoms with Gasteiger partial charge in [-0.1, -0.05) is 86.7 Å². The lowest BCUT2D eigenvalue weighted by Crippen LogP contribution is -2.56. The van der Waals surface area contributed by atoms with E-state index in [0.717, 1.165) is 14.9 Å². The first-order valence-electron chi connectivity index (χ1n) is 19.7. The number of benzene rings is 6. The average Bonchev–Trinajstić information content (AvgIpc) is 3.54. The molecule has 2 aliphatic rings. The first-order valence-corrected chi connectivity index (χ1v) is 21.3. The number of aryl methyl sites for hydroxylation is 2. The number of nitriles is 2. The molecule has 2 aliphatic heterocycles. The highest BCUT2D eigenvalue weighted by Gasteiger charge is 2.64. The normalized spacial score (nSPS) is 17.3. The van der Waals surface area contributed by atoms with Gasteiger partial charge < -0.3 is 5.11 Å². The molecule has 5 amide bonds. The Hall–Kier alpha value is -6.47. The fourth-order valence-corrected chi connectivity index (χ4v) is 8.36. The Bertz CT molecular complexity index is 2730. The highest BCUT2D eigenvalue weighted by atomic mass is 79.9. The fourth-order valence-electron chi connectivity index (χ4n) is 7.59. The molecule has 0 saturated carbocycles. The summed E-state index contributed by atoms with van der Waals surface area (Å²) in [5.41, 5.74) is 2.26. The van der Waals surface area contributed by atoms with Crippen molar-refractivity contribution in [2.45, 2.75) is 58.3 Å². The number of anilines is 4. The summed E-state index contributed by atoms with van der Waals surface area (Å²) < 4.78 is 1.15. The van der Waals surface area contributed by atoms with Crippen LogP contribution in [0.25, 0.3) is 0 Å². The molecule has 63 heavy (non-hydrogen) atoms. The molecule has 1 unspecified atom stereocenters. The van der Waals surface area contributed by atoms with Crippen LogP contribution in [0.4, 0.5) is 32.3 Å². The molecule has 318 valence electrons. The first kappa shape index (κ1) is 46.0. The van der Waals surface area contributed by atoms with Crippen LogP contribution < -0.4 is 19.6 Å². The van der Waals surface area contributed by atoms with E-state index < -0.39 is 22.8 Å². The molecule has 10 nitrogen and oxygen atoms in total. The summed E-state index contributed by atoms with van der Waals surface area (Å²) in [6, 6.07) is 45.8. The molecule has 6 aromatic rings. The average molecular weight is 943 g/mol. The Balaban J connectivity index is 0.000000182. The van der Waals surface area contributed by atoms with Crippen molar-refractivity contribution in [1.82, 2.24) is 0 Å². The van der Waals surface area contributed by atoms with Crippen molar-refractivity contribution in [1.29, 1.82) is 10.5 Å². The maximum atomic E-state index is 13.8. The molecule has 13 heteroatoms. The van der Waals surface area contributed by atoms with Crippen LogP contribution in [-0.4, -0.2) is 34.2 Å². The number of urea groups is 2. The molecule has 1 N–H and O–H groups in total. The molecule has 2 heterocycles. The Morgan fingerprint density at radius 1 is 0.556 bits per heavy atom. The summed E-state index contributed by atoms with van der Waals surface area (Å²) in [5, 5.41) is 31.4. The summed E-state index contributed by atoms with van der Waals surface area (Å²) in [4.78, 5) is 45.1. The van der Waals surface area contributed by atoms with Crippen molar-refractivity contribution < 1.29 is 19.5 Å². The third kappa shape index (κ3) is 9.06. The monoisotopic (exact) mass is 940 g/mol. The van der Waals surface area contributed by atoms with E-state index in [-0.39, 0.29) is 11.9 Å². The number of halogens is 3. The standard InChI is InChI=1S/C25H22ClN3O2.C18H14ClN3O2.C7H7Br/c1-17-5-4-6-19(15-17)25(31)24(2,3)28(21-11-7-18(16-27)8-12-21)23(30)29(25)22-13-9-20(26)10-14-22;1-18(2)16(23)21(14-9-5-13(19)6-10-14)17(24)22(18)15-7-3-12(11-20)4-8-15;1-6-3-2-4-7(8)5-6/h4-15,31H,1-3H3;3-10H,1-2H3;2-5H,1H3. The molecule has 2 fully saturated rings. The second-order valence-corrected chi connectivity index (χ2v) is 17.7. The second kappa shape index (κ2) is 18.5. The molecule has 1 atom stereocenters. The smallest absolute Gasteiger partial charge is 0.336 e. The van der Waals surface area contributed by atoms with Gasteiger partial charge in [-0.2, -0.15) is 10.5 Å². The van der Waals surface area contributed by atoms with Gasteiger partial charge in [0.15, 0.2) is 5.72 Å². The van der Waals surface area contributed by atoms with Gasteiger partial charge in [-0.05, 0) is 151 Å². The maximum Gasteiger partial charge on any atom is 0.336 e. The minimum Gasteiger partial charge on any atom is -0.365 e. The van der Waals surface area contributed by atoms with Crippen LogP contribution in [-0.2, 0) is 10.5 Å². The molecular weight excluding hydrogens is 899 g/mol. The van der Waals surface area contributed by atoms with Gasteiger partial charge in [-0.3, -0.25) is 19.5 Å². The van der Waals surface area contributed by atoms with Gasteiger partial charge in [-0.15, -0.1) is 0 Å². The number of aliphatic hydroxyl groups is 1. The Morgan fingerprint density at radius 3 is 1.43 bits per heavy atom. The lowest BCUT2D eigenvalue weighted by Gasteiger charge is -2.42. The van der Waals surface area contributed by atoms with Gasteiger partial charge in [-0.25, -0.2) is 14.5 Å². The van der Waals surface area contributed by atoms with Crippen LogP contribution in [0.15, 0.2) is 150 Å². The van der Waals surface area contributed by atoms with E-state index >= 15 is 0 Å². The minimum atomic E-state index is -1.67. The van der Waals surface area contributed by atoms with E-state index in [4.69, 9.17) is 33.7 Å². The lowest BCUT2D eigenvalue weighted by molar-refractivity contribution is -0.120. The zero-order chi connectivity index (χ0) is 45.9. The number of rotatable bonds is 5. The highest BCUT2D eigenvalue weighted by molar-refractivity contribution is 9.10. The van der Waals surface area contributed by atoms with Gasteiger partial charge in [0.05, 0.1) is 34.5 Å². The molecule has 0 bridgehead atoms. The minimum absolute atomic E-state index is 0.320.